The quantitative estimate of drug-likeness (QED) is 0.606. The number of rotatable bonds is 5. The molecule has 30 heavy (non-hydrogen) atoms. The Morgan fingerprint density at radius 1 is 1.33 bits per heavy atom. The van der Waals surface area contributed by atoms with Crippen LogP contribution in [0.5, 0.6) is 0 Å². The summed E-state index contributed by atoms with van der Waals surface area (Å²) >= 11 is 0. The topological polar surface area (TPSA) is 80.6 Å². The van der Waals surface area contributed by atoms with Crippen molar-refractivity contribution in [1.29, 1.82) is 0 Å². The van der Waals surface area contributed by atoms with Crippen molar-refractivity contribution in [2.75, 3.05) is 5.73 Å². The van der Waals surface area contributed by atoms with Gasteiger partial charge in [0.05, 0.1) is 0 Å². The highest BCUT2D eigenvalue weighted by atomic mass is 15.1. The maximum absolute atomic E-state index is 6.20. The molecule has 3 N–H and O–H groups in total. The predicted octanol–water partition coefficient (Wildman–Crippen LogP) is 4.78. The highest BCUT2D eigenvalue weighted by Crippen LogP contribution is 2.31. The van der Waals surface area contributed by atoms with E-state index < -0.39 is 0 Å². The molecule has 6 nitrogen and oxygen atoms in total. The Labute approximate surface area is 176 Å². The fourth-order valence-electron chi connectivity index (χ4n) is 3.58. The van der Waals surface area contributed by atoms with Crippen LogP contribution in [0.1, 0.15) is 37.6 Å². The summed E-state index contributed by atoms with van der Waals surface area (Å²) in [5.41, 5.74) is 10.6. The molecule has 152 valence electrons. The van der Waals surface area contributed by atoms with Gasteiger partial charge in [-0.1, -0.05) is 56.8 Å². The molecular formula is C24H26N6. The van der Waals surface area contributed by atoms with Crippen molar-refractivity contribution >= 4 is 22.9 Å². The van der Waals surface area contributed by atoms with E-state index in [2.05, 4.69) is 48.4 Å². The van der Waals surface area contributed by atoms with Gasteiger partial charge >= 0.3 is 0 Å². The number of aliphatic imine (C=N–C) groups is 1. The maximum atomic E-state index is 6.20. The normalized spacial score (nSPS) is 16.9. The maximum Gasteiger partial charge on any atom is 0.150 e. The first-order chi connectivity index (χ1) is 14.5. The van der Waals surface area contributed by atoms with Crippen molar-refractivity contribution in [1.82, 2.24) is 19.7 Å². The van der Waals surface area contributed by atoms with Crippen LogP contribution in [0.3, 0.4) is 0 Å². The van der Waals surface area contributed by atoms with Crippen molar-refractivity contribution in [3.8, 4) is 11.3 Å². The Hall–Kier alpha value is -3.67. The highest BCUT2D eigenvalue weighted by molar-refractivity contribution is 5.92. The largest absolute Gasteiger partial charge is 0.382 e. The number of amidine groups is 1. The summed E-state index contributed by atoms with van der Waals surface area (Å²) in [5.74, 6) is 2.83. The molecule has 2 atom stereocenters. The zero-order valence-corrected chi connectivity index (χ0v) is 17.3. The predicted molar refractivity (Wildman–Crippen MR) is 124 cm³/mol. The second-order valence-electron chi connectivity index (χ2n) is 7.65. The summed E-state index contributed by atoms with van der Waals surface area (Å²) in [6.45, 7) is 12.3. The Balaban J connectivity index is 1.65. The van der Waals surface area contributed by atoms with E-state index in [4.69, 9.17) is 10.7 Å². The van der Waals surface area contributed by atoms with Gasteiger partial charge in [0, 0.05) is 42.2 Å². The van der Waals surface area contributed by atoms with Crippen molar-refractivity contribution in [2.45, 2.75) is 26.2 Å². The van der Waals surface area contributed by atoms with E-state index in [1.807, 2.05) is 47.1 Å². The van der Waals surface area contributed by atoms with Crippen molar-refractivity contribution < 1.29 is 0 Å². The molecule has 6 heteroatoms. The van der Waals surface area contributed by atoms with Gasteiger partial charge in [0.15, 0.2) is 0 Å². The number of nitrogens with zero attached hydrogens (tertiary/aromatic N) is 4. The Bertz CT molecular complexity index is 1170. The Morgan fingerprint density at radius 3 is 2.80 bits per heavy atom. The Morgan fingerprint density at radius 2 is 2.10 bits per heavy atom. The highest BCUT2D eigenvalue weighted by Gasteiger charge is 2.18. The molecular weight excluding hydrogens is 372 g/mol. The fourth-order valence-corrected chi connectivity index (χ4v) is 3.58. The van der Waals surface area contributed by atoms with Crippen LogP contribution < -0.4 is 11.1 Å². The van der Waals surface area contributed by atoms with Gasteiger partial charge in [0.2, 0.25) is 0 Å². The van der Waals surface area contributed by atoms with E-state index in [1.165, 1.54) is 0 Å². The smallest absolute Gasteiger partial charge is 0.150 e. The first kappa shape index (κ1) is 19.6. The first-order valence-electron chi connectivity index (χ1n) is 10.0. The summed E-state index contributed by atoms with van der Waals surface area (Å²) < 4.78 is 1.99. The number of anilines is 1. The Kier molecular flexibility index (Phi) is 5.23. The summed E-state index contributed by atoms with van der Waals surface area (Å²) in [5, 5.41) is 3.33. The minimum Gasteiger partial charge on any atom is -0.382 e. The molecule has 1 aliphatic heterocycles. The summed E-state index contributed by atoms with van der Waals surface area (Å²) in [4.78, 5) is 13.5. The molecule has 2 aromatic heterocycles. The third kappa shape index (κ3) is 3.64. The van der Waals surface area contributed by atoms with Gasteiger partial charge in [0.1, 0.15) is 28.7 Å². The van der Waals surface area contributed by atoms with Gasteiger partial charge < -0.3 is 11.1 Å². The molecule has 0 spiro atoms. The average molecular weight is 399 g/mol. The molecule has 0 saturated carbocycles. The van der Waals surface area contributed by atoms with E-state index in [0.29, 0.717) is 11.7 Å². The molecule has 3 heterocycles. The number of imidazole rings is 1. The van der Waals surface area contributed by atoms with E-state index in [9.17, 15) is 0 Å². The minimum absolute atomic E-state index is 0.0870. The number of benzene rings is 1. The standard InChI is InChI=1S/C24H26N6/c1-5-16(3)24-29-21(22-23(25)27-12-13-30(22)24)19-8-6-18(7-9-19)17(4)28-20-14-15(2)10-11-26-20/h5-13,15-16H,1,4,14H2,2-3H3,(H2,25,27)(H,26,28). The number of fused-ring (bicyclic) bond motifs is 1. The summed E-state index contributed by atoms with van der Waals surface area (Å²) in [6, 6.07) is 8.12. The number of allylic oxidation sites excluding steroid dienone is 2. The van der Waals surface area contributed by atoms with Gasteiger partial charge in [-0.3, -0.25) is 4.40 Å². The lowest BCUT2D eigenvalue weighted by molar-refractivity contribution is 0.743. The molecule has 0 fully saturated rings. The second kappa shape index (κ2) is 7.99. The number of nitrogen functional groups attached to an aromatic ring is 1. The SMILES string of the molecule is C=CC(C)c1nc(-c2ccc(C(=C)NC3=NC=CC(C)C3)cc2)c2c(N)nccn12. The van der Waals surface area contributed by atoms with Crippen LogP contribution in [-0.2, 0) is 0 Å². The lowest BCUT2D eigenvalue weighted by Crippen LogP contribution is -2.24. The summed E-state index contributed by atoms with van der Waals surface area (Å²) in [7, 11) is 0. The van der Waals surface area contributed by atoms with Crippen molar-refractivity contribution in [3.63, 3.8) is 0 Å². The lowest BCUT2D eigenvalue weighted by Gasteiger charge is -2.17. The molecule has 1 aromatic carbocycles. The number of aromatic nitrogens is 3. The molecule has 3 aromatic rings. The molecule has 0 saturated heterocycles. The zero-order chi connectivity index (χ0) is 21.3. The molecule has 2 unspecified atom stereocenters. The van der Waals surface area contributed by atoms with Crippen LogP contribution in [0.25, 0.3) is 22.5 Å². The van der Waals surface area contributed by atoms with E-state index in [1.54, 1.807) is 6.20 Å². The number of hydrogen-bond donors (Lipinski definition) is 2. The lowest BCUT2D eigenvalue weighted by atomic mass is 10.0. The molecule has 1 aliphatic rings. The first-order valence-corrected chi connectivity index (χ1v) is 10.0. The summed E-state index contributed by atoms with van der Waals surface area (Å²) in [6.07, 6.45) is 10.3. The number of nitrogens with two attached hydrogens (primary N) is 1. The van der Waals surface area contributed by atoms with Crippen LogP contribution in [0, 0.1) is 5.92 Å². The number of nitrogens with one attached hydrogen (secondary N) is 1. The van der Waals surface area contributed by atoms with Crippen molar-refractivity contribution in [2.24, 2.45) is 10.9 Å². The fraction of sp³-hybridized carbons (Fsp3) is 0.208. The zero-order valence-electron chi connectivity index (χ0n) is 17.3. The van der Waals surface area contributed by atoms with Crippen molar-refractivity contribution in [3.05, 3.63) is 79.6 Å². The van der Waals surface area contributed by atoms with Crippen LogP contribution >= 0.6 is 0 Å². The van der Waals surface area contributed by atoms with Crippen LogP contribution in [0.15, 0.2) is 73.2 Å². The number of hydrogen-bond acceptors (Lipinski definition) is 5. The molecule has 0 bridgehead atoms. The van der Waals surface area contributed by atoms with Crippen LogP contribution in [0.4, 0.5) is 5.82 Å². The molecule has 0 amide bonds. The van der Waals surface area contributed by atoms with E-state index in [0.717, 1.165) is 46.1 Å². The van der Waals surface area contributed by atoms with Gasteiger partial charge in [-0.2, -0.15) is 0 Å². The molecule has 0 aliphatic carbocycles. The third-order valence-corrected chi connectivity index (χ3v) is 5.33. The minimum atomic E-state index is 0.0870. The monoisotopic (exact) mass is 398 g/mol. The molecule has 0 radical (unpaired) electrons. The van der Waals surface area contributed by atoms with Gasteiger partial charge in [-0.15, -0.1) is 6.58 Å². The van der Waals surface area contributed by atoms with E-state index >= 15 is 0 Å². The average Bonchev–Trinajstić information content (AvgIpc) is 3.14. The van der Waals surface area contributed by atoms with Crippen LogP contribution in [-0.4, -0.2) is 20.2 Å². The van der Waals surface area contributed by atoms with Gasteiger partial charge in [0.25, 0.3) is 0 Å². The third-order valence-electron chi connectivity index (χ3n) is 5.33. The van der Waals surface area contributed by atoms with Gasteiger partial charge in [-0.25, -0.2) is 15.0 Å². The van der Waals surface area contributed by atoms with E-state index in [-0.39, 0.29) is 5.92 Å². The molecule has 4 rings (SSSR count). The van der Waals surface area contributed by atoms with Crippen LogP contribution in [0.2, 0.25) is 0 Å². The second-order valence-corrected chi connectivity index (χ2v) is 7.65. The van der Waals surface area contributed by atoms with Gasteiger partial charge in [-0.05, 0) is 11.5 Å².